The van der Waals surface area contributed by atoms with Gasteiger partial charge in [0.1, 0.15) is 11.9 Å². The van der Waals surface area contributed by atoms with E-state index in [1.165, 1.54) is 18.2 Å². The smallest absolute Gasteiger partial charge is 0.258 e. The van der Waals surface area contributed by atoms with Crippen LogP contribution in [0.2, 0.25) is 0 Å². The van der Waals surface area contributed by atoms with Gasteiger partial charge in [-0.3, -0.25) is 14.4 Å². The fourth-order valence-electron chi connectivity index (χ4n) is 5.64. The van der Waals surface area contributed by atoms with Crippen LogP contribution in [0.4, 0.5) is 0 Å². The average molecular weight is 542 g/mol. The molecular weight excluding hydrogens is 510 g/mol. The Kier molecular flexibility index (Phi) is 7.02. The third-order valence-corrected chi connectivity index (χ3v) is 7.78. The Bertz CT molecular complexity index is 1410. The second-order valence-electron chi connectivity index (χ2n) is 10.4. The molecule has 1 fully saturated rings. The van der Waals surface area contributed by atoms with Crippen molar-refractivity contribution < 1.29 is 28.6 Å². The number of amides is 3. The van der Waals surface area contributed by atoms with Gasteiger partial charge in [0.15, 0.2) is 18.1 Å². The summed E-state index contributed by atoms with van der Waals surface area (Å²) in [6, 6.07) is 20.0. The normalized spacial score (nSPS) is 20.9. The zero-order chi connectivity index (χ0) is 27.6. The molecule has 1 aliphatic carbocycles. The van der Waals surface area contributed by atoms with Gasteiger partial charge >= 0.3 is 0 Å². The van der Waals surface area contributed by atoms with Crippen molar-refractivity contribution in [2.24, 2.45) is 5.92 Å². The van der Waals surface area contributed by atoms with Crippen LogP contribution < -0.4 is 24.8 Å². The molecule has 40 heavy (non-hydrogen) atoms. The summed E-state index contributed by atoms with van der Waals surface area (Å²) in [5, 5.41) is 5.91. The summed E-state index contributed by atoms with van der Waals surface area (Å²) in [5.74, 6) is 0.651. The van der Waals surface area contributed by atoms with E-state index in [1.54, 1.807) is 18.2 Å². The van der Waals surface area contributed by atoms with E-state index < -0.39 is 12.1 Å². The van der Waals surface area contributed by atoms with Gasteiger partial charge in [-0.1, -0.05) is 36.4 Å². The fraction of sp³-hybridized carbons (Fsp3) is 0.323. The van der Waals surface area contributed by atoms with E-state index in [4.69, 9.17) is 14.2 Å². The van der Waals surface area contributed by atoms with Crippen molar-refractivity contribution in [2.75, 3.05) is 26.8 Å². The fourth-order valence-corrected chi connectivity index (χ4v) is 5.64. The number of carbonyl (C=O) groups excluding carboxylic acids is 3. The van der Waals surface area contributed by atoms with Gasteiger partial charge in [0, 0.05) is 24.6 Å². The SMILES string of the molecule is COc1ccc2cc1OCC(=O)NCc1ccc(cc1)O[C@H]1CN(C(=O)C3Cc4ccccc4C3)C[C@@H]1NC2=O. The maximum absolute atomic E-state index is 13.6. The summed E-state index contributed by atoms with van der Waals surface area (Å²) in [6.07, 6.45) is 1.01. The lowest BCUT2D eigenvalue weighted by Crippen LogP contribution is -2.45. The molecule has 3 aliphatic heterocycles. The van der Waals surface area contributed by atoms with Crippen LogP contribution >= 0.6 is 0 Å². The Morgan fingerprint density at radius 1 is 0.975 bits per heavy atom. The number of carbonyl (C=O) groups is 3. The highest BCUT2D eigenvalue weighted by molar-refractivity contribution is 5.95. The van der Waals surface area contributed by atoms with E-state index in [1.807, 2.05) is 41.3 Å². The number of benzene rings is 3. The molecular formula is C31H31N3O6. The lowest BCUT2D eigenvalue weighted by Gasteiger charge is -2.21. The van der Waals surface area contributed by atoms with Crippen LogP contribution in [0, 0.1) is 5.92 Å². The molecule has 9 heteroatoms. The lowest BCUT2D eigenvalue weighted by atomic mass is 10.1. The maximum atomic E-state index is 13.6. The molecule has 3 aromatic carbocycles. The standard InChI is InChI=1S/C31H31N3O6/c1-38-26-11-8-22-14-27(26)39-18-29(35)32-15-19-6-9-24(10-7-19)40-28-17-34(16-25(28)33-30(22)36)31(37)23-12-20-4-2-3-5-21(20)13-23/h2-11,14,23,25,28H,12-13,15-18H2,1H3,(H,32,35)(H,33,36)/t25-,28-/m0/s1. The summed E-state index contributed by atoms with van der Waals surface area (Å²) in [6.45, 7) is 0.816. The van der Waals surface area contributed by atoms with Gasteiger partial charge in [-0.2, -0.15) is 0 Å². The minimum atomic E-state index is -0.438. The molecule has 4 aliphatic rings. The maximum Gasteiger partial charge on any atom is 0.258 e. The topological polar surface area (TPSA) is 106 Å². The number of ether oxygens (including phenoxy) is 3. The summed E-state index contributed by atoms with van der Waals surface area (Å²) < 4.78 is 17.4. The van der Waals surface area contributed by atoms with Crippen molar-refractivity contribution in [2.45, 2.75) is 31.5 Å². The first-order valence-electron chi connectivity index (χ1n) is 13.5. The van der Waals surface area contributed by atoms with E-state index in [0.29, 0.717) is 36.7 Å². The van der Waals surface area contributed by atoms with E-state index in [0.717, 1.165) is 18.4 Å². The lowest BCUT2D eigenvalue weighted by molar-refractivity contribution is -0.134. The highest BCUT2D eigenvalue weighted by Crippen LogP contribution is 2.31. The Morgan fingerprint density at radius 2 is 1.73 bits per heavy atom. The second-order valence-corrected chi connectivity index (χ2v) is 10.4. The summed E-state index contributed by atoms with van der Waals surface area (Å²) in [4.78, 5) is 41.2. The monoisotopic (exact) mass is 541 g/mol. The average Bonchev–Trinajstić information content (AvgIpc) is 3.59. The molecule has 0 spiro atoms. The van der Waals surface area contributed by atoms with Gasteiger partial charge < -0.3 is 29.7 Å². The van der Waals surface area contributed by atoms with Crippen LogP contribution in [-0.4, -0.2) is 61.6 Å². The van der Waals surface area contributed by atoms with Crippen LogP contribution in [0.3, 0.4) is 0 Å². The summed E-state index contributed by atoms with van der Waals surface area (Å²) in [7, 11) is 1.50. The summed E-state index contributed by atoms with van der Waals surface area (Å²) >= 11 is 0. The van der Waals surface area contributed by atoms with Gasteiger partial charge in [-0.15, -0.1) is 0 Å². The molecule has 0 unspecified atom stereocenters. The molecule has 2 atom stereocenters. The predicted molar refractivity (Wildman–Crippen MR) is 146 cm³/mol. The first-order valence-corrected chi connectivity index (χ1v) is 13.5. The third-order valence-electron chi connectivity index (χ3n) is 7.78. The van der Waals surface area contributed by atoms with Crippen molar-refractivity contribution in [3.8, 4) is 17.2 Å². The number of hydrogen-bond donors (Lipinski definition) is 2. The number of nitrogens with one attached hydrogen (secondary N) is 2. The Balaban J connectivity index is 1.26. The summed E-state index contributed by atoms with van der Waals surface area (Å²) in [5.41, 5.74) is 3.69. The van der Waals surface area contributed by atoms with Gasteiger partial charge in [-0.25, -0.2) is 0 Å². The number of methoxy groups -OCH3 is 1. The van der Waals surface area contributed by atoms with Crippen molar-refractivity contribution in [1.82, 2.24) is 15.5 Å². The first kappa shape index (κ1) is 25.7. The van der Waals surface area contributed by atoms with Gasteiger partial charge in [-0.05, 0) is 59.9 Å². The molecule has 7 rings (SSSR count). The molecule has 206 valence electrons. The second kappa shape index (κ2) is 10.9. The van der Waals surface area contributed by atoms with E-state index >= 15 is 0 Å². The van der Waals surface area contributed by atoms with E-state index in [2.05, 4.69) is 22.8 Å². The Labute approximate surface area is 232 Å². The van der Waals surface area contributed by atoms with Crippen molar-refractivity contribution in [3.05, 3.63) is 89.0 Å². The largest absolute Gasteiger partial charge is 0.493 e. The molecule has 0 radical (unpaired) electrons. The zero-order valence-corrected chi connectivity index (χ0v) is 22.2. The molecule has 0 aromatic heterocycles. The minimum Gasteiger partial charge on any atom is -0.493 e. The van der Waals surface area contributed by atoms with Gasteiger partial charge in [0.05, 0.1) is 19.7 Å². The third kappa shape index (κ3) is 5.32. The molecule has 1 saturated heterocycles. The van der Waals surface area contributed by atoms with Gasteiger partial charge in [0.25, 0.3) is 11.8 Å². The molecule has 3 amide bonds. The molecule has 2 N–H and O–H groups in total. The molecule has 0 saturated carbocycles. The molecule has 9 nitrogen and oxygen atoms in total. The first-order chi connectivity index (χ1) is 19.5. The van der Waals surface area contributed by atoms with Crippen molar-refractivity contribution in [3.63, 3.8) is 0 Å². The molecule has 3 heterocycles. The number of hydrogen-bond acceptors (Lipinski definition) is 6. The highest BCUT2D eigenvalue weighted by Gasteiger charge is 2.41. The molecule has 4 bridgehead atoms. The number of rotatable bonds is 2. The van der Waals surface area contributed by atoms with Gasteiger partial charge in [0.2, 0.25) is 5.91 Å². The van der Waals surface area contributed by atoms with Crippen LogP contribution in [0.1, 0.15) is 27.0 Å². The highest BCUT2D eigenvalue weighted by atomic mass is 16.5. The van der Waals surface area contributed by atoms with Crippen molar-refractivity contribution >= 4 is 17.7 Å². The van der Waals surface area contributed by atoms with E-state index in [-0.39, 0.29) is 36.0 Å². The molecule has 3 aromatic rings. The number of nitrogens with zero attached hydrogens (tertiary/aromatic N) is 1. The quantitative estimate of drug-likeness (QED) is 0.517. The van der Waals surface area contributed by atoms with Crippen LogP contribution in [-0.2, 0) is 29.0 Å². The minimum absolute atomic E-state index is 0.0786. The van der Waals surface area contributed by atoms with Crippen LogP contribution in [0.5, 0.6) is 17.2 Å². The van der Waals surface area contributed by atoms with E-state index in [9.17, 15) is 14.4 Å². The number of likely N-dealkylation sites (tertiary alicyclic amines) is 1. The Morgan fingerprint density at radius 3 is 2.45 bits per heavy atom. The number of fused-ring (bicyclic) bond motifs is 8. The predicted octanol–water partition coefficient (Wildman–Crippen LogP) is 2.51. The van der Waals surface area contributed by atoms with Crippen LogP contribution in [0.25, 0.3) is 0 Å². The Hall–Kier alpha value is -4.53. The van der Waals surface area contributed by atoms with Crippen LogP contribution in [0.15, 0.2) is 66.7 Å². The van der Waals surface area contributed by atoms with Crippen molar-refractivity contribution in [1.29, 1.82) is 0 Å². The zero-order valence-electron chi connectivity index (χ0n) is 22.2.